The molecule has 8 heteroatoms. The third-order valence-electron chi connectivity index (χ3n) is 2.89. The quantitative estimate of drug-likeness (QED) is 0.761. The van der Waals surface area contributed by atoms with Crippen LogP contribution >= 0.6 is 11.3 Å². The van der Waals surface area contributed by atoms with Crippen LogP contribution in [-0.4, -0.2) is 25.2 Å². The van der Waals surface area contributed by atoms with Gasteiger partial charge in [-0.1, -0.05) is 6.92 Å². The number of H-pyrrole nitrogens is 1. The van der Waals surface area contributed by atoms with Gasteiger partial charge < -0.3 is 5.32 Å². The van der Waals surface area contributed by atoms with Crippen molar-refractivity contribution >= 4 is 27.0 Å². The summed E-state index contributed by atoms with van der Waals surface area (Å²) in [5.41, 5.74) is 1.86. The summed E-state index contributed by atoms with van der Waals surface area (Å²) in [6.07, 6.45) is 0. The van der Waals surface area contributed by atoms with E-state index in [-0.39, 0.29) is 0 Å². The minimum absolute atomic E-state index is 0.323. The molecule has 0 saturated carbocycles. The number of anilines is 1. The Balaban J connectivity index is 2.29. The number of hydrogen-bond donors (Lipinski definition) is 3. The summed E-state index contributed by atoms with van der Waals surface area (Å²) < 4.78 is 27.6. The van der Waals surface area contributed by atoms with Crippen LogP contribution in [0.5, 0.6) is 0 Å². The van der Waals surface area contributed by atoms with Crippen molar-refractivity contribution in [1.29, 1.82) is 0 Å². The van der Waals surface area contributed by atoms with Crippen LogP contribution in [0.25, 0.3) is 0 Å². The van der Waals surface area contributed by atoms with Crippen molar-refractivity contribution in [3.63, 3.8) is 0 Å². The van der Waals surface area contributed by atoms with Crippen molar-refractivity contribution < 1.29 is 8.42 Å². The lowest BCUT2D eigenvalue weighted by atomic mass is 10.3. The van der Waals surface area contributed by atoms with Crippen molar-refractivity contribution in [3.8, 4) is 0 Å². The number of thiophene rings is 1. The number of rotatable bonds is 6. The molecule has 0 aliphatic carbocycles. The Morgan fingerprint density at radius 1 is 1.40 bits per heavy atom. The minimum atomic E-state index is -3.59. The van der Waals surface area contributed by atoms with Crippen molar-refractivity contribution in [3.05, 3.63) is 27.7 Å². The van der Waals surface area contributed by atoms with E-state index >= 15 is 0 Å². The topological polar surface area (TPSA) is 86.9 Å². The van der Waals surface area contributed by atoms with E-state index < -0.39 is 10.0 Å². The molecule has 0 aliphatic heterocycles. The summed E-state index contributed by atoms with van der Waals surface area (Å²) in [5.74, 6) is 0. The predicted molar refractivity (Wildman–Crippen MR) is 80.6 cm³/mol. The molecule has 20 heavy (non-hydrogen) atoms. The smallest absolute Gasteiger partial charge is 0.263 e. The second-order valence-electron chi connectivity index (χ2n) is 4.40. The Hall–Kier alpha value is -1.38. The van der Waals surface area contributed by atoms with Gasteiger partial charge in [0.2, 0.25) is 0 Å². The first-order chi connectivity index (χ1) is 9.45. The Morgan fingerprint density at radius 3 is 2.75 bits per heavy atom. The van der Waals surface area contributed by atoms with Crippen LogP contribution in [0, 0.1) is 13.8 Å². The van der Waals surface area contributed by atoms with Crippen LogP contribution in [0.2, 0.25) is 0 Å². The molecular weight excluding hydrogens is 296 g/mol. The second-order valence-corrected chi connectivity index (χ2v) is 7.05. The lowest BCUT2D eigenvalue weighted by molar-refractivity contribution is 0.599. The molecule has 0 unspecified atom stereocenters. The highest BCUT2D eigenvalue weighted by Crippen LogP contribution is 2.26. The van der Waals surface area contributed by atoms with Crippen LogP contribution in [0.3, 0.4) is 0 Å². The molecule has 2 aromatic heterocycles. The standard InChI is InChI=1S/C12H18N4O2S2/c1-4-13-7-10-11(5-6-19-10)20(17,18)16-12-8(2)14-15-9(12)3/h5-6,13,16H,4,7H2,1-3H3,(H,14,15). The summed E-state index contributed by atoms with van der Waals surface area (Å²) in [6, 6.07) is 1.63. The van der Waals surface area contributed by atoms with Gasteiger partial charge in [0.15, 0.2) is 0 Å². The normalized spacial score (nSPS) is 11.8. The fraction of sp³-hybridized carbons (Fsp3) is 0.417. The van der Waals surface area contributed by atoms with Crippen LogP contribution in [0.15, 0.2) is 16.3 Å². The zero-order valence-electron chi connectivity index (χ0n) is 11.6. The lowest BCUT2D eigenvalue weighted by Crippen LogP contribution is -2.17. The maximum atomic E-state index is 12.5. The Labute approximate surface area is 122 Å². The summed E-state index contributed by atoms with van der Waals surface area (Å²) in [4.78, 5) is 1.13. The number of sulfonamides is 1. The maximum Gasteiger partial charge on any atom is 0.263 e. The average molecular weight is 314 g/mol. The molecule has 110 valence electrons. The van der Waals surface area contributed by atoms with E-state index in [0.717, 1.165) is 11.4 Å². The number of aryl methyl sites for hydroxylation is 2. The zero-order valence-corrected chi connectivity index (χ0v) is 13.3. The highest BCUT2D eigenvalue weighted by atomic mass is 32.2. The van der Waals surface area contributed by atoms with E-state index in [9.17, 15) is 8.42 Å². The number of aromatic amines is 1. The van der Waals surface area contributed by atoms with E-state index in [2.05, 4.69) is 20.2 Å². The molecular formula is C12H18N4O2S2. The molecule has 0 atom stereocenters. The Bertz CT molecular complexity index is 669. The fourth-order valence-corrected chi connectivity index (χ4v) is 4.42. The zero-order chi connectivity index (χ0) is 14.8. The SMILES string of the molecule is CCNCc1sccc1S(=O)(=O)Nc1c(C)n[nH]c1C. The van der Waals surface area contributed by atoms with Crippen LogP contribution in [0.1, 0.15) is 23.2 Å². The largest absolute Gasteiger partial charge is 0.312 e. The van der Waals surface area contributed by atoms with Crippen LogP contribution < -0.4 is 10.0 Å². The average Bonchev–Trinajstić information content (AvgIpc) is 2.98. The highest BCUT2D eigenvalue weighted by molar-refractivity contribution is 7.93. The molecule has 0 fully saturated rings. The van der Waals surface area contributed by atoms with E-state index in [1.807, 2.05) is 6.92 Å². The lowest BCUT2D eigenvalue weighted by Gasteiger charge is -2.09. The summed E-state index contributed by atoms with van der Waals surface area (Å²) in [7, 11) is -3.59. The van der Waals surface area contributed by atoms with Gasteiger partial charge in [0, 0.05) is 11.4 Å². The van der Waals surface area contributed by atoms with Gasteiger partial charge in [0.25, 0.3) is 10.0 Å². The third-order valence-corrected chi connectivity index (χ3v) is 5.38. The van der Waals surface area contributed by atoms with Crippen LogP contribution in [-0.2, 0) is 16.6 Å². The van der Waals surface area contributed by atoms with Crippen molar-refractivity contribution in [2.24, 2.45) is 0 Å². The summed E-state index contributed by atoms with van der Waals surface area (Å²) >= 11 is 1.43. The van der Waals surface area contributed by atoms with Crippen molar-refractivity contribution in [1.82, 2.24) is 15.5 Å². The third kappa shape index (κ3) is 3.02. The highest BCUT2D eigenvalue weighted by Gasteiger charge is 2.22. The molecule has 0 aliphatic rings. The van der Waals surface area contributed by atoms with Gasteiger partial charge in [-0.15, -0.1) is 11.3 Å². The predicted octanol–water partition coefficient (Wildman–Crippen LogP) is 2.00. The van der Waals surface area contributed by atoms with Crippen molar-refractivity contribution in [2.45, 2.75) is 32.2 Å². The van der Waals surface area contributed by atoms with E-state index in [1.54, 1.807) is 25.3 Å². The molecule has 2 rings (SSSR count). The molecule has 0 spiro atoms. The molecule has 0 saturated heterocycles. The second kappa shape index (κ2) is 5.94. The van der Waals surface area contributed by atoms with Gasteiger partial charge in [-0.3, -0.25) is 9.82 Å². The molecule has 6 nitrogen and oxygen atoms in total. The molecule has 2 heterocycles. The first kappa shape index (κ1) is 15.0. The number of aromatic nitrogens is 2. The molecule has 0 amide bonds. The Kier molecular flexibility index (Phi) is 4.46. The monoisotopic (exact) mass is 314 g/mol. The summed E-state index contributed by atoms with van der Waals surface area (Å²) in [6.45, 7) is 6.87. The van der Waals surface area contributed by atoms with Gasteiger partial charge >= 0.3 is 0 Å². The maximum absolute atomic E-state index is 12.5. The van der Waals surface area contributed by atoms with Gasteiger partial charge in [-0.2, -0.15) is 5.10 Å². The first-order valence-corrected chi connectivity index (χ1v) is 8.63. The molecule has 3 N–H and O–H groups in total. The first-order valence-electron chi connectivity index (χ1n) is 6.27. The van der Waals surface area contributed by atoms with Gasteiger partial charge in [0.05, 0.1) is 17.1 Å². The van der Waals surface area contributed by atoms with Gasteiger partial charge in [-0.25, -0.2) is 8.42 Å². The summed E-state index contributed by atoms with van der Waals surface area (Å²) in [5, 5.41) is 11.7. The number of nitrogens with zero attached hydrogens (tertiary/aromatic N) is 1. The molecule has 0 aromatic carbocycles. The fourth-order valence-electron chi connectivity index (χ4n) is 1.83. The molecule has 0 bridgehead atoms. The van der Waals surface area contributed by atoms with E-state index in [0.29, 0.717) is 28.5 Å². The van der Waals surface area contributed by atoms with Gasteiger partial charge in [0.1, 0.15) is 4.90 Å². The number of hydrogen-bond acceptors (Lipinski definition) is 5. The minimum Gasteiger partial charge on any atom is -0.312 e. The molecule has 0 radical (unpaired) electrons. The van der Waals surface area contributed by atoms with E-state index in [4.69, 9.17) is 0 Å². The number of nitrogens with one attached hydrogen (secondary N) is 3. The molecule has 2 aromatic rings. The van der Waals surface area contributed by atoms with Gasteiger partial charge in [-0.05, 0) is 31.8 Å². The van der Waals surface area contributed by atoms with E-state index in [1.165, 1.54) is 11.3 Å². The van der Waals surface area contributed by atoms with Crippen LogP contribution in [0.4, 0.5) is 5.69 Å². The Morgan fingerprint density at radius 2 is 2.15 bits per heavy atom. The van der Waals surface area contributed by atoms with Crippen molar-refractivity contribution in [2.75, 3.05) is 11.3 Å².